The normalized spacial score (nSPS) is 12.7. The first-order chi connectivity index (χ1) is 11.1. The third kappa shape index (κ3) is 2.92. The molecule has 0 bridgehead atoms. The Morgan fingerprint density at radius 1 is 1.30 bits per heavy atom. The van der Waals surface area contributed by atoms with Gasteiger partial charge in [0.25, 0.3) is 5.91 Å². The maximum absolute atomic E-state index is 12.1. The third-order valence-electron chi connectivity index (χ3n) is 3.93. The maximum Gasteiger partial charge on any atom is 0.251 e. The molecule has 0 radical (unpaired) electrons. The van der Waals surface area contributed by atoms with E-state index in [0.29, 0.717) is 24.1 Å². The van der Waals surface area contributed by atoms with Gasteiger partial charge >= 0.3 is 0 Å². The van der Waals surface area contributed by atoms with Crippen LogP contribution in [0, 0.1) is 11.3 Å². The number of nitrogens with one attached hydrogen (secondary N) is 1. The summed E-state index contributed by atoms with van der Waals surface area (Å²) in [4.78, 5) is 25.5. The van der Waals surface area contributed by atoms with Crippen molar-refractivity contribution in [3.8, 4) is 6.07 Å². The molecule has 2 amide bonds. The molecule has 23 heavy (non-hydrogen) atoms. The highest BCUT2D eigenvalue weighted by molar-refractivity contribution is 6.01. The number of hydrogen-bond donors (Lipinski definition) is 1. The van der Waals surface area contributed by atoms with Gasteiger partial charge in [-0.15, -0.1) is 0 Å². The van der Waals surface area contributed by atoms with Crippen LogP contribution in [0.15, 0.2) is 42.5 Å². The smallest absolute Gasteiger partial charge is 0.251 e. The molecule has 1 N–H and O–H groups in total. The van der Waals surface area contributed by atoms with E-state index in [0.717, 1.165) is 16.8 Å². The van der Waals surface area contributed by atoms with Crippen molar-refractivity contribution in [1.29, 1.82) is 5.26 Å². The van der Waals surface area contributed by atoms with Crippen molar-refractivity contribution in [1.82, 2.24) is 5.32 Å². The van der Waals surface area contributed by atoms with Crippen molar-refractivity contribution in [3.63, 3.8) is 0 Å². The molecule has 0 aromatic heterocycles. The molecule has 0 saturated carbocycles. The minimum Gasteiger partial charge on any atom is -0.348 e. The lowest BCUT2D eigenvalue weighted by Crippen LogP contribution is -2.22. The second-order valence-corrected chi connectivity index (χ2v) is 5.47. The van der Waals surface area contributed by atoms with Gasteiger partial charge in [0.1, 0.15) is 0 Å². The van der Waals surface area contributed by atoms with Gasteiger partial charge in [-0.1, -0.05) is 18.2 Å². The predicted octanol–water partition coefficient (Wildman–Crippen LogP) is 2.01. The van der Waals surface area contributed by atoms with Crippen LogP contribution in [0.25, 0.3) is 0 Å². The first-order valence-corrected chi connectivity index (χ1v) is 7.25. The average Bonchev–Trinajstić information content (AvgIpc) is 2.86. The fraction of sp³-hybridized carbons (Fsp3) is 0.167. The summed E-state index contributed by atoms with van der Waals surface area (Å²) in [7, 11) is 1.76. The number of carbonyl (C=O) groups is 2. The van der Waals surface area contributed by atoms with E-state index in [4.69, 9.17) is 5.26 Å². The lowest BCUT2D eigenvalue weighted by molar-refractivity contribution is -0.117. The van der Waals surface area contributed by atoms with Gasteiger partial charge in [0.15, 0.2) is 0 Å². The van der Waals surface area contributed by atoms with Gasteiger partial charge in [-0.05, 0) is 35.4 Å². The average molecular weight is 305 g/mol. The summed E-state index contributed by atoms with van der Waals surface area (Å²) >= 11 is 0. The summed E-state index contributed by atoms with van der Waals surface area (Å²) in [6.07, 6.45) is 0.401. The van der Waals surface area contributed by atoms with Crippen molar-refractivity contribution in [2.24, 2.45) is 0 Å². The van der Waals surface area contributed by atoms with Crippen LogP contribution in [-0.4, -0.2) is 18.9 Å². The van der Waals surface area contributed by atoms with Crippen molar-refractivity contribution in [2.45, 2.75) is 13.0 Å². The zero-order chi connectivity index (χ0) is 16.4. The van der Waals surface area contributed by atoms with Crippen molar-refractivity contribution in [3.05, 3.63) is 64.7 Å². The molecular formula is C18H15N3O2. The fourth-order valence-corrected chi connectivity index (χ4v) is 2.65. The molecule has 0 saturated heterocycles. The molecule has 2 aromatic rings. The Bertz CT molecular complexity index is 836. The first kappa shape index (κ1) is 14.8. The van der Waals surface area contributed by atoms with E-state index >= 15 is 0 Å². The summed E-state index contributed by atoms with van der Waals surface area (Å²) in [5, 5.41) is 11.7. The van der Waals surface area contributed by atoms with Crippen LogP contribution in [-0.2, 0) is 17.8 Å². The third-order valence-corrected chi connectivity index (χ3v) is 3.93. The molecule has 0 spiro atoms. The first-order valence-electron chi connectivity index (χ1n) is 7.25. The van der Waals surface area contributed by atoms with E-state index in [1.807, 2.05) is 24.3 Å². The molecule has 0 unspecified atom stereocenters. The van der Waals surface area contributed by atoms with Crippen LogP contribution < -0.4 is 10.2 Å². The molecule has 1 aliphatic rings. The number of fused-ring (bicyclic) bond motifs is 1. The Morgan fingerprint density at radius 2 is 2.13 bits per heavy atom. The molecule has 2 aromatic carbocycles. The number of hydrogen-bond acceptors (Lipinski definition) is 3. The summed E-state index contributed by atoms with van der Waals surface area (Å²) in [5.74, 6) is -0.148. The summed E-state index contributed by atoms with van der Waals surface area (Å²) in [6.45, 7) is 0.376. The van der Waals surface area contributed by atoms with Crippen LogP contribution in [0.4, 0.5) is 5.69 Å². The van der Waals surface area contributed by atoms with Crippen LogP contribution in [0.1, 0.15) is 27.0 Å². The summed E-state index contributed by atoms with van der Waals surface area (Å²) in [6, 6.07) is 14.3. The highest BCUT2D eigenvalue weighted by atomic mass is 16.2. The van der Waals surface area contributed by atoms with Crippen LogP contribution in [0.5, 0.6) is 0 Å². The Labute approximate surface area is 134 Å². The van der Waals surface area contributed by atoms with Gasteiger partial charge in [-0.3, -0.25) is 9.59 Å². The number of nitriles is 1. The second kappa shape index (κ2) is 5.93. The highest BCUT2D eigenvalue weighted by Crippen LogP contribution is 2.28. The molecular weight excluding hydrogens is 290 g/mol. The number of benzene rings is 2. The second-order valence-electron chi connectivity index (χ2n) is 5.47. The molecule has 1 aliphatic heterocycles. The molecule has 0 atom stereocenters. The minimum absolute atomic E-state index is 0.0782. The number of carbonyl (C=O) groups excluding carboxylic acids is 2. The minimum atomic E-state index is -0.226. The molecule has 1 heterocycles. The van der Waals surface area contributed by atoms with Crippen molar-refractivity contribution < 1.29 is 9.59 Å². The SMILES string of the molecule is CN1C(=O)Cc2cc(CNC(=O)c3cccc(C#N)c3)ccc21. The van der Waals surface area contributed by atoms with E-state index in [1.54, 1.807) is 36.2 Å². The lowest BCUT2D eigenvalue weighted by Gasteiger charge is -2.11. The monoisotopic (exact) mass is 305 g/mol. The predicted molar refractivity (Wildman–Crippen MR) is 85.9 cm³/mol. The van der Waals surface area contributed by atoms with Crippen LogP contribution >= 0.6 is 0 Å². The van der Waals surface area contributed by atoms with Crippen molar-refractivity contribution in [2.75, 3.05) is 11.9 Å². The Balaban J connectivity index is 1.69. The molecule has 114 valence electrons. The highest BCUT2D eigenvalue weighted by Gasteiger charge is 2.23. The summed E-state index contributed by atoms with van der Waals surface area (Å²) in [5.41, 5.74) is 3.76. The molecule has 0 aliphatic carbocycles. The molecule has 5 heteroatoms. The zero-order valence-corrected chi connectivity index (χ0v) is 12.7. The molecule has 3 rings (SSSR count). The van der Waals surface area contributed by atoms with E-state index in [9.17, 15) is 9.59 Å². The zero-order valence-electron chi connectivity index (χ0n) is 12.7. The van der Waals surface area contributed by atoms with Gasteiger partial charge in [0.05, 0.1) is 18.1 Å². The van der Waals surface area contributed by atoms with Crippen LogP contribution in [0.3, 0.4) is 0 Å². The number of anilines is 1. The Morgan fingerprint density at radius 3 is 2.91 bits per heavy atom. The number of rotatable bonds is 3. The van der Waals surface area contributed by atoms with E-state index in [1.165, 1.54) is 0 Å². The topological polar surface area (TPSA) is 73.2 Å². The van der Waals surface area contributed by atoms with Gasteiger partial charge in [0, 0.05) is 24.8 Å². The Kier molecular flexibility index (Phi) is 3.82. The van der Waals surface area contributed by atoms with E-state index < -0.39 is 0 Å². The Hall–Kier alpha value is -3.13. The quantitative estimate of drug-likeness (QED) is 0.942. The standard InChI is InChI=1S/C18H15N3O2/c1-21-16-6-5-13(8-15(16)9-17(21)22)11-20-18(23)14-4-2-3-12(7-14)10-19/h2-8H,9,11H2,1H3,(H,20,23). The molecule has 5 nitrogen and oxygen atoms in total. The lowest BCUT2D eigenvalue weighted by atomic mass is 10.1. The number of amides is 2. The van der Waals surface area contributed by atoms with Gasteiger partial charge < -0.3 is 10.2 Å². The van der Waals surface area contributed by atoms with E-state index in [2.05, 4.69) is 5.32 Å². The van der Waals surface area contributed by atoms with Crippen LogP contribution in [0.2, 0.25) is 0 Å². The number of likely N-dealkylation sites (N-methyl/N-ethyl adjacent to an activating group) is 1. The maximum atomic E-state index is 12.1. The number of nitrogens with zero attached hydrogens (tertiary/aromatic N) is 2. The van der Waals surface area contributed by atoms with Gasteiger partial charge in [-0.25, -0.2) is 0 Å². The van der Waals surface area contributed by atoms with Crippen molar-refractivity contribution >= 4 is 17.5 Å². The largest absolute Gasteiger partial charge is 0.348 e. The van der Waals surface area contributed by atoms with E-state index in [-0.39, 0.29) is 11.8 Å². The fourth-order valence-electron chi connectivity index (χ4n) is 2.65. The molecule has 0 fully saturated rings. The van der Waals surface area contributed by atoms with Gasteiger partial charge in [0.2, 0.25) is 5.91 Å². The van der Waals surface area contributed by atoms with Gasteiger partial charge in [-0.2, -0.15) is 5.26 Å². The summed E-state index contributed by atoms with van der Waals surface area (Å²) < 4.78 is 0.